The van der Waals surface area contributed by atoms with E-state index in [1.807, 2.05) is 29.2 Å². The lowest BCUT2D eigenvalue weighted by atomic mass is 9.99. The normalized spacial score (nSPS) is 17.1. The van der Waals surface area contributed by atoms with Gasteiger partial charge in [0.1, 0.15) is 6.61 Å². The van der Waals surface area contributed by atoms with Gasteiger partial charge in [0.2, 0.25) is 5.91 Å². The van der Waals surface area contributed by atoms with Crippen LogP contribution in [0.1, 0.15) is 29.3 Å². The predicted molar refractivity (Wildman–Crippen MR) is 105 cm³/mol. The van der Waals surface area contributed by atoms with Gasteiger partial charge in [-0.05, 0) is 42.3 Å². The number of benzene rings is 1. The fraction of sp³-hybridized carbons (Fsp3) is 0.227. The van der Waals surface area contributed by atoms with Crippen molar-refractivity contribution in [1.29, 1.82) is 0 Å². The van der Waals surface area contributed by atoms with Gasteiger partial charge in [0.25, 0.3) is 0 Å². The van der Waals surface area contributed by atoms with Crippen LogP contribution in [0.25, 0.3) is 12.2 Å². The van der Waals surface area contributed by atoms with Gasteiger partial charge in [0.05, 0.1) is 11.4 Å². The van der Waals surface area contributed by atoms with Gasteiger partial charge < -0.3 is 10.0 Å². The number of aliphatic hydroxyl groups excluding tert-OH is 1. The zero-order chi connectivity index (χ0) is 19.1. The lowest BCUT2D eigenvalue weighted by molar-refractivity contribution is -0.125. The Labute approximate surface area is 158 Å². The fourth-order valence-electron chi connectivity index (χ4n) is 3.11. The molecule has 138 valence electrons. The summed E-state index contributed by atoms with van der Waals surface area (Å²) >= 11 is 0. The molecule has 1 aliphatic rings. The molecule has 5 nitrogen and oxygen atoms in total. The van der Waals surface area contributed by atoms with Crippen molar-refractivity contribution in [1.82, 2.24) is 9.88 Å². The fourth-order valence-corrected chi connectivity index (χ4v) is 3.11. The number of ketones is 1. The lowest BCUT2D eigenvalue weighted by Crippen LogP contribution is -2.26. The quantitative estimate of drug-likeness (QED) is 0.802. The Balaban J connectivity index is 1.60. The van der Waals surface area contributed by atoms with E-state index >= 15 is 0 Å². The smallest absolute Gasteiger partial charge is 0.246 e. The van der Waals surface area contributed by atoms with Crippen LogP contribution in [0, 0.1) is 0 Å². The second-order valence-corrected chi connectivity index (χ2v) is 6.46. The number of hydrogen-bond acceptors (Lipinski definition) is 4. The highest BCUT2D eigenvalue weighted by Crippen LogP contribution is 2.27. The average Bonchev–Trinajstić information content (AvgIpc) is 3.21. The third-order valence-electron chi connectivity index (χ3n) is 4.56. The maximum Gasteiger partial charge on any atom is 0.246 e. The van der Waals surface area contributed by atoms with Gasteiger partial charge in [0, 0.05) is 25.1 Å². The summed E-state index contributed by atoms with van der Waals surface area (Å²) in [5.41, 5.74) is 2.51. The summed E-state index contributed by atoms with van der Waals surface area (Å²) in [5, 5.41) is 8.73. The highest BCUT2D eigenvalue weighted by molar-refractivity contribution is 5.94. The van der Waals surface area contributed by atoms with E-state index in [1.54, 1.807) is 30.4 Å². The Morgan fingerprint density at radius 1 is 1.04 bits per heavy atom. The van der Waals surface area contributed by atoms with Gasteiger partial charge in [-0.15, -0.1) is 0 Å². The van der Waals surface area contributed by atoms with Crippen LogP contribution in [0.3, 0.4) is 0 Å². The first-order chi connectivity index (χ1) is 13.2. The zero-order valence-electron chi connectivity index (χ0n) is 15.0. The first-order valence-corrected chi connectivity index (χ1v) is 8.96. The summed E-state index contributed by atoms with van der Waals surface area (Å²) in [5.74, 6) is -0.0132. The molecule has 1 fully saturated rings. The van der Waals surface area contributed by atoms with Crippen LogP contribution in [0.5, 0.6) is 0 Å². The van der Waals surface area contributed by atoms with Crippen molar-refractivity contribution >= 4 is 23.8 Å². The van der Waals surface area contributed by atoms with Crippen molar-refractivity contribution in [2.75, 3.05) is 19.7 Å². The topological polar surface area (TPSA) is 70.5 Å². The Hall–Kier alpha value is -3.05. The highest BCUT2D eigenvalue weighted by atomic mass is 16.3. The summed E-state index contributed by atoms with van der Waals surface area (Å²) in [7, 11) is 0. The molecule has 1 unspecified atom stereocenters. The van der Waals surface area contributed by atoms with E-state index in [4.69, 9.17) is 5.11 Å². The van der Waals surface area contributed by atoms with Gasteiger partial charge in [-0.2, -0.15) is 0 Å². The molecule has 0 spiro atoms. The van der Waals surface area contributed by atoms with Crippen LogP contribution >= 0.6 is 0 Å². The van der Waals surface area contributed by atoms with Crippen LogP contribution in [0.15, 0.2) is 60.7 Å². The molecule has 1 aromatic heterocycles. The van der Waals surface area contributed by atoms with Gasteiger partial charge in [-0.1, -0.05) is 36.4 Å². The van der Waals surface area contributed by atoms with Crippen molar-refractivity contribution in [3.05, 3.63) is 77.6 Å². The Morgan fingerprint density at radius 3 is 2.44 bits per heavy atom. The van der Waals surface area contributed by atoms with E-state index in [2.05, 4.69) is 17.1 Å². The second kappa shape index (κ2) is 9.05. The molecule has 1 aromatic carbocycles. The minimum atomic E-state index is -0.523. The second-order valence-electron chi connectivity index (χ2n) is 6.46. The summed E-state index contributed by atoms with van der Waals surface area (Å²) in [4.78, 5) is 29.8. The van der Waals surface area contributed by atoms with Gasteiger partial charge >= 0.3 is 0 Å². The Morgan fingerprint density at radius 2 is 1.74 bits per heavy atom. The van der Waals surface area contributed by atoms with Crippen molar-refractivity contribution in [2.24, 2.45) is 0 Å². The van der Waals surface area contributed by atoms with E-state index in [0.29, 0.717) is 17.3 Å². The molecule has 1 aliphatic heterocycles. The van der Waals surface area contributed by atoms with E-state index in [1.165, 1.54) is 11.6 Å². The summed E-state index contributed by atoms with van der Waals surface area (Å²) < 4.78 is 0. The number of likely N-dealkylation sites (tertiary alicyclic amines) is 1. The molecule has 1 N–H and O–H groups in total. The summed E-state index contributed by atoms with van der Waals surface area (Å²) in [6.45, 7) is 0.958. The molecule has 2 heterocycles. The molecule has 5 heteroatoms. The van der Waals surface area contributed by atoms with Crippen molar-refractivity contribution in [2.45, 2.75) is 12.3 Å². The molecule has 0 saturated carbocycles. The van der Waals surface area contributed by atoms with Gasteiger partial charge in [-0.25, -0.2) is 4.98 Å². The third-order valence-corrected chi connectivity index (χ3v) is 4.56. The first kappa shape index (κ1) is 18.7. The molecule has 27 heavy (non-hydrogen) atoms. The van der Waals surface area contributed by atoms with Crippen molar-refractivity contribution < 1.29 is 14.7 Å². The Bertz CT molecular complexity index is 859. The maximum atomic E-state index is 12.5. The third kappa shape index (κ3) is 5.21. The number of aromatic nitrogens is 1. The number of rotatable bonds is 6. The number of aliphatic hydroxyl groups is 1. The van der Waals surface area contributed by atoms with Crippen LogP contribution in [0.4, 0.5) is 0 Å². The summed E-state index contributed by atoms with van der Waals surface area (Å²) in [6.07, 6.45) is 7.03. The van der Waals surface area contributed by atoms with Crippen LogP contribution in [-0.2, 0) is 9.59 Å². The highest BCUT2D eigenvalue weighted by Gasteiger charge is 2.25. The zero-order valence-corrected chi connectivity index (χ0v) is 15.0. The molecule has 0 aliphatic carbocycles. The Kier molecular flexibility index (Phi) is 6.28. The number of pyridine rings is 1. The number of nitrogens with zero attached hydrogens (tertiary/aromatic N) is 2. The van der Waals surface area contributed by atoms with Gasteiger partial charge in [-0.3, -0.25) is 9.59 Å². The van der Waals surface area contributed by atoms with E-state index in [9.17, 15) is 9.59 Å². The standard InChI is InChI=1S/C22H22N2O3/c25-16-21(26)11-9-19-7-4-8-20(23-19)10-12-22(27)24-14-13-18(15-24)17-5-2-1-3-6-17/h1-12,18,25H,13-16H2/b11-9+,12-10+. The molecule has 0 bridgehead atoms. The number of carbonyl (C=O) groups is 2. The predicted octanol–water partition coefficient (Wildman–Crippen LogP) is 2.69. The van der Waals surface area contributed by atoms with Crippen LogP contribution in [0.2, 0.25) is 0 Å². The molecule has 1 saturated heterocycles. The minimum Gasteiger partial charge on any atom is -0.388 e. The number of carbonyl (C=O) groups excluding carboxylic acids is 2. The molecular formula is C22H22N2O3. The van der Waals surface area contributed by atoms with E-state index in [-0.39, 0.29) is 11.7 Å². The van der Waals surface area contributed by atoms with Crippen LogP contribution < -0.4 is 0 Å². The van der Waals surface area contributed by atoms with E-state index < -0.39 is 6.61 Å². The van der Waals surface area contributed by atoms with Crippen LogP contribution in [-0.4, -0.2) is 46.4 Å². The average molecular weight is 362 g/mol. The van der Waals surface area contributed by atoms with Crippen molar-refractivity contribution in [3.8, 4) is 0 Å². The number of hydrogen-bond donors (Lipinski definition) is 1. The maximum absolute atomic E-state index is 12.5. The monoisotopic (exact) mass is 362 g/mol. The molecular weight excluding hydrogens is 340 g/mol. The molecule has 3 rings (SSSR count). The number of amides is 1. The summed E-state index contributed by atoms with van der Waals surface area (Å²) in [6, 6.07) is 15.6. The lowest BCUT2D eigenvalue weighted by Gasteiger charge is -2.14. The molecule has 1 amide bonds. The van der Waals surface area contributed by atoms with E-state index in [0.717, 1.165) is 19.5 Å². The van der Waals surface area contributed by atoms with Gasteiger partial charge in [0.15, 0.2) is 5.78 Å². The SMILES string of the molecule is O=C(/C=C/c1cccc(/C=C/C(=O)N2CCC(c3ccccc3)C2)n1)CO. The minimum absolute atomic E-state index is 0.0216. The van der Waals surface area contributed by atoms with Crippen molar-refractivity contribution in [3.63, 3.8) is 0 Å². The first-order valence-electron chi connectivity index (χ1n) is 8.96. The molecule has 0 radical (unpaired) electrons. The largest absolute Gasteiger partial charge is 0.388 e. The molecule has 2 aromatic rings. The molecule has 1 atom stereocenters.